The van der Waals surface area contributed by atoms with E-state index in [1.54, 1.807) is 6.07 Å². The standard InChI is InChI=1S/C27H36FN/c28-24-19-18-23(21-13-7-3-1-4-8-14-21)27(25-17-11-12-20-29-25)26(24)22-15-9-5-2-6-10-16-22/h11-12,17-22H,1-10,13-16H2. The minimum atomic E-state index is -0.00850. The quantitative estimate of drug-likeness (QED) is 0.509. The summed E-state index contributed by atoms with van der Waals surface area (Å²) in [6.07, 6.45) is 19.6. The first-order valence-corrected chi connectivity index (χ1v) is 12.1. The molecule has 0 saturated heterocycles. The van der Waals surface area contributed by atoms with Gasteiger partial charge in [0, 0.05) is 17.3 Å². The summed E-state index contributed by atoms with van der Waals surface area (Å²) in [6, 6.07) is 9.98. The first-order valence-electron chi connectivity index (χ1n) is 12.1. The maximum atomic E-state index is 15.4. The van der Waals surface area contributed by atoms with Gasteiger partial charge in [-0.25, -0.2) is 4.39 Å². The monoisotopic (exact) mass is 393 g/mol. The number of nitrogens with zero attached hydrogens (tertiary/aromatic N) is 1. The maximum absolute atomic E-state index is 15.4. The van der Waals surface area contributed by atoms with Crippen LogP contribution in [-0.2, 0) is 0 Å². The molecule has 0 bridgehead atoms. The molecule has 1 nitrogen and oxygen atoms in total. The van der Waals surface area contributed by atoms with E-state index in [4.69, 9.17) is 4.98 Å². The lowest BCUT2D eigenvalue weighted by Crippen LogP contribution is -2.12. The van der Waals surface area contributed by atoms with Crippen LogP contribution in [-0.4, -0.2) is 4.98 Å². The molecule has 1 aromatic carbocycles. The van der Waals surface area contributed by atoms with Crippen molar-refractivity contribution in [1.29, 1.82) is 0 Å². The smallest absolute Gasteiger partial charge is 0.127 e. The first-order chi connectivity index (χ1) is 14.3. The lowest BCUT2D eigenvalue weighted by Gasteiger charge is -2.28. The van der Waals surface area contributed by atoms with E-state index in [9.17, 15) is 0 Å². The van der Waals surface area contributed by atoms with E-state index in [0.717, 1.165) is 29.7 Å². The third-order valence-electron chi connectivity index (χ3n) is 7.20. The topological polar surface area (TPSA) is 12.9 Å². The molecule has 4 rings (SSSR count). The van der Waals surface area contributed by atoms with Gasteiger partial charge in [0.25, 0.3) is 0 Å². The SMILES string of the molecule is Fc1ccc(C2CCCCCCC2)c(-c2ccccn2)c1C1CCCCCCC1. The minimum absolute atomic E-state index is 0.00850. The van der Waals surface area contributed by atoms with Crippen molar-refractivity contribution < 1.29 is 4.39 Å². The molecule has 2 aliphatic carbocycles. The zero-order valence-corrected chi connectivity index (χ0v) is 17.8. The maximum Gasteiger partial charge on any atom is 0.127 e. The third kappa shape index (κ3) is 5.08. The molecule has 2 aromatic rings. The molecule has 0 spiro atoms. The van der Waals surface area contributed by atoms with Crippen molar-refractivity contribution in [3.8, 4) is 11.3 Å². The molecule has 1 aromatic heterocycles. The van der Waals surface area contributed by atoms with Crippen LogP contribution in [0.2, 0.25) is 0 Å². The summed E-state index contributed by atoms with van der Waals surface area (Å²) < 4.78 is 15.4. The summed E-state index contributed by atoms with van der Waals surface area (Å²) >= 11 is 0. The molecule has 0 N–H and O–H groups in total. The van der Waals surface area contributed by atoms with Gasteiger partial charge in [0.05, 0.1) is 5.69 Å². The lowest BCUT2D eigenvalue weighted by atomic mass is 9.77. The van der Waals surface area contributed by atoms with Crippen molar-refractivity contribution in [2.45, 2.75) is 102 Å². The molecule has 156 valence electrons. The van der Waals surface area contributed by atoms with Crippen molar-refractivity contribution >= 4 is 0 Å². The van der Waals surface area contributed by atoms with Crippen molar-refractivity contribution in [2.75, 3.05) is 0 Å². The Morgan fingerprint density at radius 3 is 1.83 bits per heavy atom. The van der Waals surface area contributed by atoms with Crippen molar-refractivity contribution in [3.63, 3.8) is 0 Å². The molecule has 2 heteroatoms. The highest BCUT2D eigenvalue weighted by atomic mass is 19.1. The van der Waals surface area contributed by atoms with E-state index < -0.39 is 0 Å². The number of benzene rings is 1. The molecule has 2 saturated carbocycles. The van der Waals surface area contributed by atoms with E-state index in [2.05, 4.69) is 18.2 Å². The van der Waals surface area contributed by atoms with Crippen molar-refractivity contribution in [3.05, 3.63) is 53.5 Å². The van der Waals surface area contributed by atoms with Gasteiger partial charge in [0.15, 0.2) is 0 Å². The van der Waals surface area contributed by atoms with Crippen LogP contribution < -0.4 is 0 Å². The van der Waals surface area contributed by atoms with Gasteiger partial charge < -0.3 is 0 Å². The van der Waals surface area contributed by atoms with Crippen LogP contribution in [0.25, 0.3) is 11.3 Å². The Balaban J connectivity index is 1.80. The predicted molar refractivity (Wildman–Crippen MR) is 120 cm³/mol. The molecule has 2 fully saturated rings. The van der Waals surface area contributed by atoms with Gasteiger partial charge in [-0.15, -0.1) is 0 Å². The second-order valence-corrected chi connectivity index (χ2v) is 9.22. The van der Waals surface area contributed by atoms with Gasteiger partial charge in [0.1, 0.15) is 5.82 Å². The molecular formula is C27H36FN. The molecule has 0 amide bonds. The molecule has 0 unspecified atom stereocenters. The van der Waals surface area contributed by atoms with Gasteiger partial charge in [-0.3, -0.25) is 4.98 Å². The largest absolute Gasteiger partial charge is 0.256 e. The normalized spacial score (nSPS) is 20.4. The van der Waals surface area contributed by atoms with Crippen molar-refractivity contribution in [1.82, 2.24) is 4.98 Å². The van der Waals surface area contributed by atoms with E-state index in [0.29, 0.717) is 11.8 Å². The summed E-state index contributed by atoms with van der Waals surface area (Å²) in [4.78, 5) is 4.72. The fourth-order valence-corrected chi connectivity index (χ4v) is 5.66. The summed E-state index contributed by atoms with van der Waals surface area (Å²) in [5, 5.41) is 0. The highest BCUT2D eigenvalue weighted by Gasteiger charge is 2.27. The zero-order valence-electron chi connectivity index (χ0n) is 17.8. The van der Waals surface area contributed by atoms with Crippen LogP contribution >= 0.6 is 0 Å². The fraction of sp³-hybridized carbons (Fsp3) is 0.593. The first kappa shape index (κ1) is 20.6. The number of hydrogen-bond donors (Lipinski definition) is 0. The number of aromatic nitrogens is 1. The van der Waals surface area contributed by atoms with Crippen LogP contribution in [0.5, 0.6) is 0 Å². The summed E-state index contributed by atoms with van der Waals surface area (Å²) in [7, 11) is 0. The Hall–Kier alpha value is -1.70. The van der Waals surface area contributed by atoms with E-state index >= 15 is 4.39 Å². The molecule has 0 atom stereocenters. The van der Waals surface area contributed by atoms with Crippen LogP contribution in [0.15, 0.2) is 36.5 Å². The van der Waals surface area contributed by atoms with Gasteiger partial charge in [-0.2, -0.15) is 0 Å². The summed E-state index contributed by atoms with van der Waals surface area (Å²) in [5.41, 5.74) is 4.46. The fourth-order valence-electron chi connectivity index (χ4n) is 5.66. The lowest BCUT2D eigenvalue weighted by molar-refractivity contribution is 0.439. The molecular weight excluding hydrogens is 357 g/mol. The van der Waals surface area contributed by atoms with Crippen LogP contribution in [0.4, 0.5) is 4.39 Å². The zero-order chi connectivity index (χ0) is 19.9. The molecule has 0 aliphatic heterocycles. The van der Waals surface area contributed by atoms with E-state index in [1.165, 1.54) is 82.6 Å². The van der Waals surface area contributed by atoms with Crippen LogP contribution in [0.1, 0.15) is 113 Å². The highest BCUT2D eigenvalue weighted by molar-refractivity contribution is 5.70. The second kappa shape index (κ2) is 10.4. The van der Waals surface area contributed by atoms with E-state index in [-0.39, 0.29) is 5.82 Å². The number of hydrogen-bond acceptors (Lipinski definition) is 1. The Bertz CT molecular complexity index is 754. The molecule has 2 aliphatic rings. The minimum Gasteiger partial charge on any atom is -0.256 e. The Morgan fingerprint density at radius 1 is 0.655 bits per heavy atom. The average molecular weight is 394 g/mol. The summed E-state index contributed by atoms with van der Waals surface area (Å²) in [6.45, 7) is 0. The van der Waals surface area contributed by atoms with Gasteiger partial charge >= 0.3 is 0 Å². The predicted octanol–water partition coefficient (Wildman–Crippen LogP) is 8.54. The number of rotatable bonds is 3. The Morgan fingerprint density at radius 2 is 1.24 bits per heavy atom. The molecule has 1 heterocycles. The Labute approximate surface area is 176 Å². The average Bonchev–Trinajstić information content (AvgIpc) is 2.69. The Kier molecular flexibility index (Phi) is 7.35. The van der Waals surface area contributed by atoms with Gasteiger partial charge in [0.2, 0.25) is 0 Å². The third-order valence-corrected chi connectivity index (χ3v) is 7.20. The number of halogens is 1. The van der Waals surface area contributed by atoms with Crippen LogP contribution in [0.3, 0.4) is 0 Å². The molecule has 0 radical (unpaired) electrons. The van der Waals surface area contributed by atoms with Gasteiger partial charge in [-0.1, -0.05) is 76.3 Å². The van der Waals surface area contributed by atoms with Crippen molar-refractivity contribution in [2.24, 2.45) is 0 Å². The van der Waals surface area contributed by atoms with E-state index in [1.807, 2.05) is 12.3 Å². The van der Waals surface area contributed by atoms with Crippen LogP contribution in [0, 0.1) is 5.82 Å². The summed E-state index contributed by atoms with van der Waals surface area (Å²) in [5.74, 6) is 0.867. The molecule has 29 heavy (non-hydrogen) atoms. The number of pyridine rings is 1. The highest BCUT2D eigenvalue weighted by Crippen LogP contribution is 2.44. The second-order valence-electron chi connectivity index (χ2n) is 9.22. The van der Waals surface area contributed by atoms with Gasteiger partial charge in [-0.05, 0) is 61.3 Å².